The molecule has 1 saturated heterocycles. The number of hydrogen-bond donors (Lipinski definition) is 1. The highest BCUT2D eigenvalue weighted by molar-refractivity contribution is 9.10. The lowest BCUT2D eigenvalue weighted by atomic mass is 10.1. The number of ether oxygens (including phenoxy) is 3. The molecule has 0 radical (unpaired) electrons. The maximum absolute atomic E-state index is 12.3. The van der Waals surface area contributed by atoms with E-state index >= 15 is 0 Å². The zero-order valence-corrected chi connectivity index (χ0v) is 27.4. The molecule has 0 bridgehead atoms. The molecule has 1 fully saturated rings. The molecule has 0 aliphatic carbocycles. The maximum Gasteiger partial charge on any atom is 0.410 e. The van der Waals surface area contributed by atoms with Crippen LogP contribution in [0, 0.1) is 0 Å². The molecule has 1 amide bonds. The van der Waals surface area contributed by atoms with E-state index in [0.29, 0.717) is 24.8 Å². The van der Waals surface area contributed by atoms with Crippen LogP contribution in [-0.4, -0.2) is 52.9 Å². The normalized spacial score (nSPS) is 12.9. The van der Waals surface area contributed by atoms with Gasteiger partial charge in [-0.3, -0.25) is 0 Å². The van der Waals surface area contributed by atoms with Crippen molar-refractivity contribution >= 4 is 44.6 Å². The van der Waals surface area contributed by atoms with E-state index in [1.165, 1.54) is 0 Å². The van der Waals surface area contributed by atoms with E-state index in [1.807, 2.05) is 98.7 Å². The van der Waals surface area contributed by atoms with Gasteiger partial charge in [-0.15, -0.1) is 0 Å². The van der Waals surface area contributed by atoms with Crippen LogP contribution in [0.25, 0.3) is 10.9 Å². The first kappa shape index (κ1) is 35.0. The van der Waals surface area contributed by atoms with E-state index in [2.05, 4.69) is 31.2 Å². The lowest BCUT2D eigenvalue weighted by Crippen LogP contribution is -2.44. The topological polar surface area (TPSA) is 85.8 Å². The first-order valence-corrected chi connectivity index (χ1v) is 15.0. The number of anilines is 2. The Labute approximate surface area is 249 Å². The highest BCUT2D eigenvalue weighted by Crippen LogP contribution is 2.32. The number of fused-ring (bicyclic) bond motifs is 1. The summed E-state index contributed by atoms with van der Waals surface area (Å²) >= 11 is 3.61. The quantitative estimate of drug-likeness (QED) is 0.305. The standard InChI is InChI=1S/C25H29BrN4O4.3C2H6/c1-25(2,3)34-24(31)30-10-8-18(9-11-30)33-22-14-21-16(12-20(22)26)15-27-23(29-21)28-17-6-5-7-19(13-17)32-4;3*1-2/h5-7,12-15,18H,8-11H2,1-4H3,(H,27,28,29);3*1-2H3. The molecule has 8 nitrogen and oxygen atoms in total. The molecule has 40 heavy (non-hydrogen) atoms. The summed E-state index contributed by atoms with van der Waals surface area (Å²) < 4.78 is 17.9. The van der Waals surface area contributed by atoms with Crippen molar-refractivity contribution in [3.05, 3.63) is 47.1 Å². The molecular weight excluding hydrogens is 572 g/mol. The first-order chi connectivity index (χ1) is 19.2. The molecule has 2 aromatic carbocycles. The average molecular weight is 620 g/mol. The van der Waals surface area contributed by atoms with Gasteiger partial charge in [-0.1, -0.05) is 47.6 Å². The lowest BCUT2D eigenvalue weighted by molar-refractivity contribution is 0.0126. The zero-order chi connectivity index (χ0) is 30.3. The number of nitrogens with zero attached hydrogens (tertiary/aromatic N) is 3. The molecule has 2 heterocycles. The highest BCUT2D eigenvalue weighted by atomic mass is 79.9. The van der Waals surface area contributed by atoms with Gasteiger partial charge < -0.3 is 24.4 Å². The summed E-state index contributed by atoms with van der Waals surface area (Å²) in [5.74, 6) is 1.96. The smallest absolute Gasteiger partial charge is 0.410 e. The Bertz CT molecular complexity index is 1180. The Morgan fingerprint density at radius 1 is 1.02 bits per heavy atom. The Kier molecular flexibility index (Phi) is 15.4. The number of carbonyl (C=O) groups excluding carboxylic acids is 1. The second-order valence-corrected chi connectivity index (χ2v) is 10.0. The number of benzene rings is 2. The van der Waals surface area contributed by atoms with Gasteiger partial charge in [0.1, 0.15) is 23.2 Å². The van der Waals surface area contributed by atoms with E-state index in [1.54, 1.807) is 18.2 Å². The summed E-state index contributed by atoms with van der Waals surface area (Å²) in [6, 6.07) is 11.5. The van der Waals surface area contributed by atoms with Crippen LogP contribution in [0.2, 0.25) is 0 Å². The fraction of sp³-hybridized carbons (Fsp3) is 0.516. The summed E-state index contributed by atoms with van der Waals surface area (Å²) in [6.45, 7) is 18.8. The van der Waals surface area contributed by atoms with Crippen molar-refractivity contribution in [1.29, 1.82) is 0 Å². The monoisotopic (exact) mass is 618 g/mol. The molecule has 3 aromatic rings. The molecule has 1 aromatic heterocycles. The maximum atomic E-state index is 12.3. The third-order valence-corrected chi connectivity index (χ3v) is 5.97. The largest absolute Gasteiger partial charge is 0.497 e. The van der Waals surface area contributed by atoms with Crippen molar-refractivity contribution < 1.29 is 19.0 Å². The number of piperidine rings is 1. The van der Waals surface area contributed by atoms with Gasteiger partial charge >= 0.3 is 6.09 Å². The number of halogens is 1. The minimum absolute atomic E-state index is 0.00338. The summed E-state index contributed by atoms with van der Waals surface area (Å²) in [6.07, 6.45) is 2.97. The third kappa shape index (κ3) is 10.8. The summed E-state index contributed by atoms with van der Waals surface area (Å²) in [5.41, 5.74) is 1.11. The number of hydrogen-bond acceptors (Lipinski definition) is 7. The van der Waals surface area contributed by atoms with Crippen LogP contribution in [0.3, 0.4) is 0 Å². The number of carbonyl (C=O) groups is 1. The Morgan fingerprint density at radius 3 is 2.27 bits per heavy atom. The van der Waals surface area contributed by atoms with Crippen LogP contribution in [0.15, 0.2) is 47.1 Å². The van der Waals surface area contributed by atoms with Gasteiger partial charge in [-0.25, -0.2) is 14.8 Å². The number of rotatable bonds is 5. The van der Waals surface area contributed by atoms with E-state index in [-0.39, 0.29) is 12.2 Å². The number of methoxy groups -OCH3 is 1. The predicted molar refractivity (Wildman–Crippen MR) is 169 cm³/mol. The molecule has 0 spiro atoms. The molecule has 0 atom stereocenters. The number of amides is 1. The predicted octanol–water partition coefficient (Wildman–Crippen LogP) is 9.00. The second-order valence-electron chi connectivity index (χ2n) is 9.18. The van der Waals surface area contributed by atoms with Crippen LogP contribution in [0.1, 0.15) is 75.2 Å². The van der Waals surface area contributed by atoms with E-state index < -0.39 is 5.60 Å². The third-order valence-electron chi connectivity index (χ3n) is 5.35. The van der Waals surface area contributed by atoms with Gasteiger partial charge in [-0.05, 0) is 54.9 Å². The van der Waals surface area contributed by atoms with Gasteiger partial charge in [-0.2, -0.15) is 0 Å². The molecule has 4 rings (SSSR count). The van der Waals surface area contributed by atoms with E-state index in [9.17, 15) is 4.79 Å². The van der Waals surface area contributed by atoms with Gasteiger partial charge in [0.25, 0.3) is 0 Å². The molecule has 1 aliphatic rings. The fourth-order valence-electron chi connectivity index (χ4n) is 3.67. The fourth-order valence-corrected chi connectivity index (χ4v) is 4.13. The Balaban J connectivity index is 0.00000125. The summed E-state index contributed by atoms with van der Waals surface area (Å²) in [4.78, 5) is 23.1. The molecule has 1 aliphatic heterocycles. The molecular formula is C31H47BrN4O4. The Hall–Kier alpha value is -3.07. The molecule has 0 saturated carbocycles. The Morgan fingerprint density at radius 2 is 1.68 bits per heavy atom. The molecule has 9 heteroatoms. The highest BCUT2D eigenvalue weighted by Gasteiger charge is 2.28. The summed E-state index contributed by atoms with van der Waals surface area (Å²) in [5, 5.41) is 4.11. The minimum Gasteiger partial charge on any atom is -0.497 e. The molecule has 0 unspecified atom stereocenters. The molecule has 222 valence electrons. The van der Waals surface area contributed by atoms with Gasteiger partial charge in [0.2, 0.25) is 5.95 Å². The number of aromatic nitrogens is 2. The minimum atomic E-state index is -0.497. The van der Waals surface area contributed by atoms with Crippen molar-refractivity contribution in [1.82, 2.24) is 14.9 Å². The summed E-state index contributed by atoms with van der Waals surface area (Å²) in [7, 11) is 1.63. The van der Waals surface area contributed by atoms with Gasteiger partial charge in [0.05, 0.1) is 17.1 Å². The van der Waals surface area contributed by atoms with Crippen molar-refractivity contribution in [3.63, 3.8) is 0 Å². The van der Waals surface area contributed by atoms with Crippen LogP contribution in [0.4, 0.5) is 16.4 Å². The van der Waals surface area contributed by atoms with Crippen molar-refractivity contribution in [2.24, 2.45) is 0 Å². The van der Waals surface area contributed by atoms with Crippen LogP contribution < -0.4 is 14.8 Å². The van der Waals surface area contributed by atoms with Crippen LogP contribution in [0.5, 0.6) is 11.5 Å². The van der Waals surface area contributed by atoms with Crippen molar-refractivity contribution in [2.75, 3.05) is 25.5 Å². The van der Waals surface area contributed by atoms with Crippen molar-refractivity contribution in [3.8, 4) is 11.5 Å². The van der Waals surface area contributed by atoms with E-state index in [0.717, 1.165) is 39.7 Å². The number of likely N-dealkylation sites (tertiary alicyclic amines) is 1. The first-order valence-electron chi connectivity index (χ1n) is 14.2. The van der Waals surface area contributed by atoms with Crippen LogP contribution in [-0.2, 0) is 4.74 Å². The SMILES string of the molecule is CC.CC.CC.COc1cccc(Nc2ncc3cc(Br)c(OC4CCN(C(=O)OC(C)(C)C)CC4)cc3n2)c1. The zero-order valence-electron chi connectivity index (χ0n) is 25.8. The van der Waals surface area contributed by atoms with Gasteiger partial charge in [0.15, 0.2) is 0 Å². The van der Waals surface area contributed by atoms with Crippen molar-refractivity contribution in [2.45, 2.75) is 86.9 Å². The molecule has 1 N–H and O–H groups in total. The average Bonchev–Trinajstić information content (AvgIpc) is 2.96. The number of nitrogens with one attached hydrogen (secondary N) is 1. The van der Waals surface area contributed by atoms with Crippen LogP contribution >= 0.6 is 15.9 Å². The van der Waals surface area contributed by atoms with Gasteiger partial charge in [0, 0.05) is 55.3 Å². The van der Waals surface area contributed by atoms with E-state index in [4.69, 9.17) is 14.2 Å². The lowest BCUT2D eigenvalue weighted by Gasteiger charge is -2.33. The second kappa shape index (κ2) is 17.6.